The van der Waals surface area contributed by atoms with Crippen LogP contribution in [0.4, 0.5) is 0 Å². The van der Waals surface area contributed by atoms with Crippen molar-refractivity contribution in [1.29, 1.82) is 0 Å². The Morgan fingerprint density at radius 1 is 0.487 bits per heavy atom. The van der Waals surface area contributed by atoms with Crippen molar-refractivity contribution in [2.45, 2.75) is 11.2 Å². The lowest BCUT2D eigenvalue weighted by molar-refractivity contribution is 0.789. The zero-order chi connectivity index (χ0) is 26.1. The lowest BCUT2D eigenvalue weighted by atomic mass is 9.89. The fourth-order valence-electron chi connectivity index (χ4n) is 5.40. The van der Waals surface area contributed by atoms with E-state index in [9.17, 15) is 0 Å². The van der Waals surface area contributed by atoms with E-state index in [1.54, 1.807) is 0 Å². The van der Waals surface area contributed by atoms with Gasteiger partial charge in [0.2, 0.25) is 0 Å². The smallest absolute Gasteiger partial charge is 0.0838 e. The fourth-order valence-corrected chi connectivity index (χ4v) is 8.95. The molecule has 2 aromatic heterocycles. The first-order valence-electron chi connectivity index (χ1n) is 13.1. The van der Waals surface area contributed by atoms with Gasteiger partial charge in [0, 0.05) is 20.2 Å². The third-order valence-corrected chi connectivity index (χ3v) is 11.1. The van der Waals surface area contributed by atoms with Crippen LogP contribution in [0.1, 0.15) is 22.4 Å². The summed E-state index contributed by atoms with van der Waals surface area (Å²) in [4.78, 5) is 4.13. The second-order valence-corrected chi connectivity index (χ2v) is 12.9. The molecule has 1 aliphatic rings. The lowest BCUT2D eigenvalue weighted by Crippen LogP contribution is -2.20. The molecule has 0 saturated heterocycles. The van der Waals surface area contributed by atoms with Crippen LogP contribution in [0.3, 0.4) is 0 Å². The molecule has 6 aromatic rings. The zero-order valence-corrected chi connectivity index (χ0v) is 23.7. The summed E-state index contributed by atoms with van der Waals surface area (Å²) in [5.74, 6) is 0. The second-order valence-electron chi connectivity index (χ2n) is 9.73. The Labute approximate surface area is 242 Å². The van der Waals surface area contributed by atoms with Crippen LogP contribution in [-0.2, 0) is 4.75 Å². The summed E-state index contributed by atoms with van der Waals surface area (Å²) in [5, 5.41) is 4.44. The Bertz CT molecular complexity index is 1710. The summed E-state index contributed by atoms with van der Waals surface area (Å²) < 4.78 is -0.157. The van der Waals surface area contributed by atoms with Gasteiger partial charge in [0.15, 0.2) is 0 Å². The highest BCUT2D eigenvalue weighted by molar-refractivity contribution is 8.09. The van der Waals surface area contributed by atoms with Gasteiger partial charge in [-0.05, 0) is 62.7 Å². The number of allylic oxidation sites excluding steroid dienone is 1. The molecule has 0 saturated carbocycles. The van der Waals surface area contributed by atoms with Crippen LogP contribution in [0.15, 0.2) is 144 Å². The molecule has 3 heterocycles. The Balaban J connectivity index is 1.27. The van der Waals surface area contributed by atoms with Crippen LogP contribution in [0.5, 0.6) is 0 Å². The first kappa shape index (κ1) is 24.4. The zero-order valence-electron chi connectivity index (χ0n) is 21.3. The minimum Gasteiger partial charge on any atom is -0.146 e. The van der Waals surface area contributed by atoms with E-state index in [2.05, 4.69) is 144 Å². The predicted octanol–water partition coefficient (Wildman–Crippen LogP) is 11.2. The van der Waals surface area contributed by atoms with Crippen molar-refractivity contribution in [1.82, 2.24) is 0 Å². The number of benzene rings is 4. The normalized spacial score (nSPS) is 16.8. The SMILES string of the molecule is C1=C(c2ccc(-c3ccccc3)cc2)SC(c2ccc(-c3ccccc3)cc2)(c2sccc2-c2cccs2)C1. The summed E-state index contributed by atoms with van der Waals surface area (Å²) in [7, 11) is 0. The van der Waals surface area contributed by atoms with Crippen LogP contribution >= 0.6 is 34.4 Å². The van der Waals surface area contributed by atoms with E-state index in [0.29, 0.717) is 0 Å². The molecule has 0 N–H and O–H groups in total. The van der Waals surface area contributed by atoms with Crippen LogP contribution in [0.2, 0.25) is 0 Å². The quantitative estimate of drug-likeness (QED) is 0.197. The van der Waals surface area contributed by atoms with Gasteiger partial charge in [0.1, 0.15) is 0 Å². The average Bonchev–Trinajstić information content (AvgIpc) is 3.80. The van der Waals surface area contributed by atoms with E-state index in [1.807, 2.05) is 34.4 Å². The third kappa shape index (κ3) is 4.61. The summed E-state index contributed by atoms with van der Waals surface area (Å²) in [6, 6.07) is 46.3. The van der Waals surface area contributed by atoms with Crippen molar-refractivity contribution in [2.24, 2.45) is 0 Å². The van der Waals surface area contributed by atoms with Gasteiger partial charge in [0.05, 0.1) is 4.75 Å². The first-order valence-corrected chi connectivity index (χ1v) is 15.7. The number of thiophene rings is 2. The molecule has 188 valence electrons. The number of thioether (sulfide) groups is 1. The largest absolute Gasteiger partial charge is 0.146 e. The minimum absolute atomic E-state index is 0.157. The molecule has 0 nitrogen and oxygen atoms in total. The number of hydrogen-bond acceptors (Lipinski definition) is 3. The standard InChI is InChI=1S/C36H26S3/c1-3-8-26(9-4-1)28-13-15-30(16-14-28)33-21-23-36(39-33,35-32(22-25-38-35)34-12-7-24-37-34)31-19-17-29(18-20-31)27-10-5-2-6-11-27/h1-22,24-25H,23H2. The van der Waals surface area contributed by atoms with E-state index >= 15 is 0 Å². The van der Waals surface area contributed by atoms with Crippen LogP contribution in [-0.4, -0.2) is 0 Å². The van der Waals surface area contributed by atoms with Gasteiger partial charge in [-0.3, -0.25) is 0 Å². The predicted molar refractivity (Wildman–Crippen MR) is 172 cm³/mol. The van der Waals surface area contributed by atoms with Crippen molar-refractivity contribution in [3.63, 3.8) is 0 Å². The van der Waals surface area contributed by atoms with Crippen LogP contribution in [0.25, 0.3) is 37.6 Å². The topological polar surface area (TPSA) is 0 Å². The van der Waals surface area contributed by atoms with Crippen LogP contribution < -0.4 is 0 Å². The minimum atomic E-state index is -0.157. The van der Waals surface area contributed by atoms with E-state index < -0.39 is 0 Å². The van der Waals surface area contributed by atoms with Gasteiger partial charge in [-0.25, -0.2) is 0 Å². The molecule has 4 aromatic carbocycles. The highest BCUT2D eigenvalue weighted by Crippen LogP contribution is 2.60. The fraction of sp³-hybridized carbons (Fsp3) is 0.0556. The van der Waals surface area contributed by atoms with E-state index in [0.717, 1.165) is 6.42 Å². The van der Waals surface area contributed by atoms with Crippen molar-refractivity contribution in [3.8, 4) is 32.7 Å². The maximum absolute atomic E-state index is 2.45. The molecule has 0 amide bonds. The Morgan fingerprint density at radius 3 is 1.69 bits per heavy atom. The van der Waals surface area contributed by atoms with Crippen molar-refractivity contribution >= 4 is 39.3 Å². The van der Waals surface area contributed by atoms with Gasteiger partial charge < -0.3 is 0 Å². The molecule has 0 aliphatic carbocycles. The average molecular weight is 555 g/mol. The number of rotatable bonds is 6. The summed E-state index contributed by atoms with van der Waals surface area (Å²) in [6.07, 6.45) is 3.42. The van der Waals surface area contributed by atoms with E-state index in [1.165, 1.54) is 53.6 Å². The van der Waals surface area contributed by atoms with Crippen molar-refractivity contribution in [2.75, 3.05) is 0 Å². The maximum Gasteiger partial charge on any atom is 0.0838 e. The van der Waals surface area contributed by atoms with Crippen molar-refractivity contribution < 1.29 is 0 Å². The van der Waals surface area contributed by atoms with Gasteiger partial charge >= 0.3 is 0 Å². The van der Waals surface area contributed by atoms with Gasteiger partial charge in [-0.1, -0.05) is 121 Å². The third-order valence-electron chi connectivity index (χ3n) is 7.41. The molecule has 1 atom stereocenters. The molecular weight excluding hydrogens is 529 g/mol. The van der Waals surface area contributed by atoms with Crippen molar-refractivity contribution in [3.05, 3.63) is 160 Å². The Kier molecular flexibility index (Phi) is 6.57. The van der Waals surface area contributed by atoms with E-state index in [4.69, 9.17) is 0 Å². The Hall–Kier alpha value is -3.63. The van der Waals surface area contributed by atoms with Crippen LogP contribution in [0, 0.1) is 0 Å². The molecule has 0 fully saturated rings. The molecule has 3 heteroatoms. The first-order chi connectivity index (χ1) is 19.3. The molecule has 1 unspecified atom stereocenters. The summed E-state index contributed by atoms with van der Waals surface area (Å²) in [6.45, 7) is 0. The number of hydrogen-bond donors (Lipinski definition) is 0. The summed E-state index contributed by atoms with van der Waals surface area (Å²) >= 11 is 5.73. The second kappa shape index (κ2) is 10.5. The molecule has 0 bridgehead atoms. The van der Waals surface area contributed by atoms with Gasteiger partial charge in [-0.15, -0.1) is 34.4 Å². The molecule has 0 spiro atoms. The van der Waals surface area contributed by atoms with Gasteiger partial charge in [-0.2, -0.15) is 0 Å². The molecule has 7 rings (SSSR count). The highest BCUT2D eigenvalue weighted by Gasteiger charge is 2.42. The lowest BCUT2D eigenvalue weighted by Gasteiger charge is -2.30. The Morgan fingerprint density at radius 2 is 1.08 bits per heavy atom. The molecule has 0 radical (unpaired) electrons. The molecule has 39 heavy (non-hydrogen) atoms. The molecular formula is C36H26S3. The highest BCUT2D eigenvalue weighted by atomic mass is 32.2. The molecule has 1 aliphatic heterocycles. The van der Waals surface area contributed by atoms with Gasteiger partial charge in [0.25, 0.3) is 0 Å². The maximum atomic E-state index is 2.45. The van der Waals surface area contributed by atoms with E-state index in [-0.39, 0.29) is 4.75 Å². The summed E-state index contributed by atoms with van der Waals surface area (Å²) in [5.41, 5.74) is 9.03. The monoisotopic (exact) mass is 554 g/mol.